The fraction of sp³-hybridized carbons (Fsp3) is 0.235. The Kier molecular flexibility index (Phi) is 5.89. The molecular formula is C17H20FN5O2. The molecule has 3 amide bonds. The number of hydrogen-bond donors (Lipinski definition) is 3. The second kappa shape index (κ2) is 8.09. The zero-order valence-corrected chi connectivity index (χ0v) is 14.0. The first-order valence-corrected chi connectivity index (χ1v) is 7.60. The van der Waals surface area contributed by atoms with Gasteiger partial charge in [0.05, 0.1) is 24.3 Å². The molecule has 0 unspecified atom stereocenters. The molecule has 25 heavy (non-hydrogen) atoms. The van der Waals surface area contributed by atoms with Crippen LogP contribution in [-0.4, -0.2) is 31.0 Å². The van der Waals surface area contributed by atoms with E-state index >= 15 is 0 Å². The largest absolute Gasteiger partial charge is 0.363 e. The van der Waals surface area contributed by atoms with E-state index in [1.54, 1.807) is 18.2 Å². The minimum atomic E-state index is -0.868. The Balaban J connectivity index is 2.09. The van der Waals surface area contributed by atoms with E-state index in [1.165, 1.54) is 24.4 Å². The van der Waals surface area contributed by atoms with Gasteiger partial charge < -0.3 is 21.3 Å². The topological polar surface area (TPSA) is 100 Å². The number of urea groups is 1. The van der Waals surface area contributed by atoms with Crippen LogP contribution in [0.2, 0.25) is 0 Å². The molecule has 0 aliphatic rings. The second-order valence-electron chi connectivity index (χ2n) is 5.63. The maximum absolute atomic E-state index is 13.9. The minimum absolute atomic E-state index is 0.167. The molecule has 0 spiro atoms. The minimum Gasteiger partial charge on any atom is -0.363 e. The third-order valence-electron chi connectivity index (χ3n) is 3.48. The smallest absolute Gasteiger partial charge is 0.312 e. The van der Waals surface area contributed by atoms with Crippen molar-refractivity contribution in [2.75, 3.05) is 24.3 Å². The van der Waals surface area contributed by atoms with Crippen LogP contribution in [0.5, 0.6) is 0 Å². The zero-order chi connectivity index (χ0) is 18.4. The summed E-state index contributed by atoms with van der Waals surface area (Å²) >= 11 is 0. The highest BCUT2D eigenvalue weighted by Crippen LogP contribution is 2.21. The van der Waals surface area contributed by atoms with E-state index in [-0.39, 0.29) is 12.0 Å². The lowest BCUT2D eigenvalue weighted by Crippen LogP contribution is -2.35. The van der Waals surface area contributed by atoms with E-state index in [0.29, 0.717) is 5.69 Å². The van der Waals surface area contributed by atoms with Crippen LogP contribution < -0.4 is 21.3 Å². The highest BCUT2D eigenvalue weighted by molar-refractivity contribution is 5.91. The van der Waals surface area contributed by atoms with E-state index in [4.69, 9.17) is 5.73 Å². The molecule has 132 valence electrons. The number of nitrogens with zero attached hydrogens (tertiary/aromatic N) is 2. The van der Waals surface area contributed by atoms with Gasteiger partial charge in [-0.05, 0) is 18.2 Å². The third kappa shape index (κ3) is 5.17. The molecule has 0 aliphatic carbocycles. The number of nitrogens with two attached hydrogens (primary N) is 1. The predicted octanol–water partition coefficient (Wildman–Crippen LogP) is 2.02. The van der Waals surface area contributed by atoms with Crippen molar-refractivity contribution in [1.29, 1.82) is 0 Å². The Hall–Kier alpha value is -3.16. The number of amides is 3. The average molecular weight is 345 g/mol. The van der Waals surface area contributed by atoms with Crippen molar-refractivity contribution < 1.29 is 14.0 Å². The van der Waals surface area contributed by atoms with Crippen molar-refractivity contribution in [3.05, 3.63) is 54.0 Å². The van der Waals surface area contributed by atoms with Crippen LogP contribution >= 0.6 is 0 Å². The van der Waals surface area contributed by atoms with Crippen molar-refractivity contribution in [1.82, 2.24) is 10.3 Å². The quantitative estimate of drug-likeness (QED) is 0.746. The number of hydrogen-bond acceptors (Lipinski definition) is 4. The van der Waals surface area contributed by atoms with Crippen LogP contribution in [0.4, 0.5) is 20.7 Å². The van der Waals surface area contributed by atoms with E-state index in [9.17, 15) is 14.0 Å². The lowest BCUT2D eigenvalue weighted by atomic mass is 10.0. The van der Waals surface area contributed by atoms with Crippen molar-refractivity contribution in [2.24, 2.45) is 5.73 Å². The van der Waals surface area contributed by atoms with Gasteiger partial charge in [-0.2, -0.15) is 0 Å². The molecule has 2 rings (SSSR count). The molecule has 4 N–H and O–H groups in total. The average Bonchev–Trinajstić information content (AvgIpc) is 2.54. The van der Waals surface area contributed by atoms with Crippen LogP contribution in [0.3, 0.4) is 0 Å². The van der Waals surface area contributed by atoms with Crippen LogP contribution in [0.25, 0.3) is 0 Å². The van der Waals surface area contributed by atoms with Gasteiger partial charge >= 0.3 is 6.03 Å². The summed E-state index contributed by atoms with van der Waals surface area (Å²) in [6, 6.07) is 7.66. The fourth-order valence-electron chi connectivity index (χ4n) is 2.29. The second-order valence-corrected chi connectivity index (χ2v) is 5.63. The number of aromatic nitrogens is 1. The van der Waals surface area contributed by atoms with Crippen LogP contribution in [0.15, 0.2) is 42.6 Å². The predicted molar refractivity (Wildman–Crippen MR) is 93.7 cm³/mol. The summed E-state index contributed by atoms with van der Waals surface area (Å²) in [4.78, 5) is 29.4. The normalized spacial score (nSPS) is 11.5. The van der Waals surface area contributed by atoms with Gasteiger partial charge in [0.25, 0.3) is 0 Å². The number of carbonyl (C=O) groups is 2. The molecular weight excluding hydrogens is 325 g/mol. The molecule has 0 radical (unpaired) electrons. The van der Waals surface area contributed by atoms with E-state index in [2.05, 4.69) is 15.6 Å². The number of rotatable bonds is 6. The summed E-state index contributed by atoms with van der Waals surface area (Å²) in [7, 11) is 3.71. The molecule has 0 bridgehead atoms. The highest BCUT2D eigenvalue weighted by atomic mass is 19.1. The van der Waals surface area contributed by atoms with E-state index < -0.39 is 23.8 Å². The summed E-state index contributed by atoms with van der Waals surface area (Å²) in [5.74, 6) is -0.176. The van der Waals surface area contributed by atoms with Crippen LogP contribution in [0, 0.1) is 5.82 Å². The molecule has 0 aliphatic heterocycles. The maximum atomic E-state index is 13.9. The molecule has 0 saturated heterocycles. The Labute approximate surface area is 145 Å². The molecule has 0 saturated carbocycles. The lowest BCUT2D eigenvalue weighted by molar-refractivity contribution is -0.116. The van der Waals surface area contributed by atoms with Crippen molar-refractivity contribution in [3.8, 4) is 0 Å². The Bertz CT molecular complexity index is 749. The number of pyridine rings is 1. The maximum Gasteiger partial charge on any atom is 0.312 e. The monoisotopic (exact) mass is 345 g/mol. The number of nitrogens with one attached hydrogen (secondary N) is 2. The van der Waals surface area contributed by atoms with Crippen molar-refractivity contribution >= 4 is 23.4 Å². The van der Waals surface area contributed by atoms with Gasteiger partial charge in [-0.3, -0.25) is 4.79 Å². The molecule has 1 heterocycles. The van der Waals surface area contributed by atoms with Crippen molar-refractivity contribution in [3.63, 3.8) is 0 Å². The Morgan fingerprint density at radius 1 is 1.24 bits per heavy atom. The molecule has 1 aromatic carbocycles. The van der Waals surface area contributed by atoms with Gasteiger partial charge in [-0.25, -0.2) is 14.2 Å². The number of primary amides is 1. The first-order chi connectivity index (χ1) is 11.9. The number of anilines is 2. The van der Waals surface area contributed by atoms with E-state index in [1.807, 2.05) is 19.0 Å². The molecule has 1 atom stereocenters. The summed E-state index contributed by atoms with van der Waals surface area (Å²) in [5.41, 5.74) is 5.83. The summed E-state index contributed by atoms with van der Waals surface area (Å²) in [5, 5.41) is 5.06. The molecule has 7 nitrogen and oxygen atoms in total. The summed E-state index contributed by atoms with van der Waals surface area (Å²) in [6.45, 7) is 0. The van der Waals surface area contributed by atoms with Crippen molar-refractivity contribution in [2.45, 2.75) is 12.5 Å². The molecule has 8 heteroatoms. The van der Waals surface area contributed by atoms with Gasteiger partial charge in [0.2, 0.25) is 5.91 Å². The van der Waals surface area contributed by atoms with Gasteiger partial charge in [0, 0.05) is 19.7 Å². The number of benzene rings is 1. The summed E-state index contributed by atoms with van der Waals surface area (Å²) in [6.07, 6.45) is 1.35. The van der Waals surface area contributed by atoms with E-state index in [0.717, 1.165) is 5.82 Å². The Morgan fingerprint density at radius 3 is 2.52 bits per heavy atom. The highest BCUT2D eigenvalue weighted by Gasteiger charge is 2.20. The number of halogens is 1. The Morgan fingerprint density at radius 2 is 1.96 bits per heavy atom. The van der Waals surface area contributed by atoms with Gasteiger partial charge in [-0.1, -0.05) is 18.2 Å². The molecule has 1 aromatic heterocycles. The number of carbonyl (C=O) groups excluding carboxylic acids is 2. The van der Waals surface area contributed by atoms with Gasteiger partial charge in [-0.15, -0.1) is 0 Å². The standard InChI is InChI=1S/C17H20FN5O2/c1-23(2)15-8-7-11(10-20-15)21-16(24)9-14(22-17(19)25)12-5-3-4-6-13(12)18/h3-8,10,14H,9H2,1-2H3,(H,21,24)(H3,19,22,25)/t14-/m1/s1. The molecule has 2 aromatic rings. The third-order valence-corrected chi connectivity index (χ3v) is 3.48. The zero-order valence-electron chi connectivity index (χ0n) is 14.0. The fourth-order valence-corrected chi connectivity index (χ4v) is 2.29. The van der Waals surface area contributed by atoms with Gasteiger partial charge in [0.15, 0.2) is 0 Å². The van der Waals surface area contributed by atoms with Crippen LogP contribution in [-0.2, 0) is 4.79 Å². The lowest BCUT2D eigenvalue weighted by Gasteiger charge is -2.18. The van der Waals surface area contributed by atoms with Crippen LogP contribution in [0.1, 0.15) is 18.0 Å². The summed E-state index contributed by atoms with van der Waals surface area (Å²) < 4.78 is 13.9. The SMILES string of the molecule is CN(C)c1ccc(NC(=O)C[C@@H](NC(N)=O)c2ccccc2F)cn1. The van der Waals surface area contributed by atoms with Gasteiger partial charge in [0.1, 0.15) is 11.6 Å². The first kappa shape index (κ1) is 18.2. The first-order valence-electron chi connectivity index (χ1n) is 7.60. The molecule has 0 fully saturated rings.